The molecule has 2 rings (SSSR count). The van der Waals surface area contributed by atoms with Crippen molar-refractivity contribution >= 4 is 18.0 Å². The normalized spacial score (nSPS) is 10.3. The molecular formula is C25H32O6. The van der Waals surface area contributed by atoms with Gasteiger partial charge in [-0.05, 0) is 42.3 Å². The molecule has 0 amide bonds. The van der Waals surface area contributed by atoms with Crippen LogP contribution in [-0.4, -0.2) is 35.9 Å². The molecule has 0 bridgehead atoms. The smallest absolute Gasteiger partial charge is 0.341 e. The third-order valence-electron chi connectivity index (χ3n) is 4.39. The number of unbranched alkanes of at least 4 members (excludes halogenated alkanes) is 5. The molecule has 0 unspecified atom stereocenters. The maximum Gasteiger partial charge on any atom is 0.341 e. The van der Waals surface area contributed by atoms with E-state index in [1.807, 2.05) is 0 Å². The Balaban J connectivity index is 0.000000327. The van der Waals surface area contributed by atoms with Crippen LogP contribution in [0.25, 0.3) is 6.08 Å². The van der Waals surface area contributed by atoms with Gasteiger partial charge in [0.1, 0.15) is 17.1 Å². The summed E-state index contributed by atoms with van der Waals surface area (Å²) in [4.78, 5) is 21.8. The van der Waals surface area contributed by atoms with Crippen LogP contribution in [0.4, 0.5) is 0 Å². The second-order valence-electron chi connectivity index (χ2n) is 6.87. The Bertz CT molecular complexity index is 811. The molecule has 2 N–H and O–H groups in total. The van der Waals surface area contributed by atoms with Gasteiger partial charge in [-0.15, -0.1) is 0 Å². The van der Waals surface area contributed by atoms with Crippen molar-refractivity contribution in [1.29, 1.82) is 0 Å². The van der Waals surface area contributed by atoms with E-state index >= 15 is 0 Å². The summed E-state index contributed by atoms with van der Waals surface area (Å²) in [7, 11) is 1.59. The molecule has 0 aliphatic heterocycles. The number of benzene rings is 2. The quantitative estimate of drug-likeness (QED) is 0.271. The number of carbonyl (C=O) groups excluding carboxylic acids is 1. The van der Waals surface area contributed by atoms with Crippen LogP contribution in [0.3, 0.4) is 0 Å². The summed E-state index contributed by atoms with van der Waals surface area (Å²) in [6, 6.07) is 13.6. The number of ether oxygens (including phenoxy) is 2. The molecule has 0 radical (unpaired) electrons. The molecule has 2 aromatic carbocycles. The fourth-order valence-electron chi connectivity index (χ4n) is 2.65. The van der Waals surface area contributed by atoms with Crippen molar-refractivity contribution in [2.24, 2.45) is 0 Å². The number of methoxy groups -OCH3 is 1. The highest BCUT2D eigenvalue weighted by Crippen LogP contribution is 2.17. The number of carboxylic acid groups (broad SMARTS) is 1. The third kappa shape index (κ3) is 11.5. The molecule has 6 heteroatoms. The number of aliphatic carboxylic acids is 1. The number of hydrogen-bond donors (Lipinski definition) is 2. The average Bonchev–Trinajstić information content (AvgIpc) is 2.78. The van der Waals surface area contributed by atoms with Gasteiger partial charge in [0.25, 0.3) is 0 Å². The van der Waals surface area contributed by atoms with Crippen molar-refractivity contribution in [3.63, 3.8) is 0 Å². The molecule has 2 aromatic rings. The van der Waals surface area contributed by atoms with Crippen LogP contribution in [-0.2, 0) is 9.53 Å². The monoisotopic (exact) mass is 428 g/mol. The Labute approximate surface area is 184 Å². The highest BCUT2D eigenvalue weighted by Gasteiger charge is 2.10. The summed E-state index contributed by atoms with van der Waals surface area (Å²) in [6.07, 6.45) is 9.58. The molecule has 0 saturated heterocycles. The van der Waals surface area contributed by atoms with Crippen LogP contribution in [0, 0.1) is 0 Å². The maximum atomic E-state index is 11.6. The number of aromatic hydroxyl groups is 1. The number of para-hydroxylation sites is 1. The van der Waals surface area contributed by atoms with Crippen molar-refractivity contribution in [1.82, 2.24) is 0 Å². The van der Waals surface area contributed by atoms with Crippen LogP contribution in [0.15, 0.2) is 54.6 Å². The maximum absolute atomic E-state index is 11.6. The van der Waals surface area contributed by atoms with Crippen molar-refractivity contribution in [3.8, 4) is 11.5 Å². The molecule has 31 heavy (non-hydrogen) atoms. The van der Waals surface area contributed by atoms with E-state index in [0.29, 0.717) is 6.61 Å². The van der Waals surface area contributed by atoms with Crippen LogP contribution in [0.2, 0.25) is 0 Å². The summed E-state index contributed by atoms with van der Waals surface area (Å²) in [6.45, 7) is 2.62. The Morgan fingerprint density at radius 2 is 1.58 bits per heavy atom. The molecule has 0 saturated carbocycles. The molecule has 0 heterocycles. The fraction of sp³-hybridized carbons (Fsp3) is 0.360. The highest BCUT2D eigenvalue weighted by molar-refractivity contribution is 5.92. The van der Waals surface area contributed by atoms with Gasteiger partial charge >= 0.3 is 11.9 Å². The molecular weight excluding hydrogens is 396 g/mol. The van der Waals surface area contributed by atoms with E-state index < -0.39 is 11.9 Å². The Morgan fingerprint density at radius 1 is 0.935 bits per heavy atom. The number of rotatable bonds is 11. The lowest BCUT2D eigenvalue weighted by Gasteiger charge is -2.06. The summed E-state index contributed by atoms with van der Waals surface area (Å²) >= 11 is 0. The van der Waals surface area contributed by atoms with E-state index in [1.54, 1.807) is 49.6 Å². The standard InChI is InChI=1S/C15H22O3.C10H10O3/c1-2-3-4-5-6-9-12-18-15(17)13-10-7-8-11-14(13)16;1-13-9-5-2-8(3-6-9)4-7-10(11)12/h7-8,10-11,16H,2-6,9,12H2,1H3;2-7H,1H3,(H,11,12). The van der Waals surface area contributed by atoms with Gasteiger partial charge in [-0.2, -0.15) is 0 Å². The van der Waals surface area contributed by atoms with Gasteiger partial charge < -0.3 is 19.7 Å². The minimum atomic E-state index is -0.948. The first kappa shape index (κ1) is 25.8. The van der Waals surface area contributed by atoms with E-state index in [4.69, 9.17) is 14.6 Å². The first-order valence-corrected chi connectivity index (χ1v) is 10.5. The van der Waals surface area contributed by atoms with Crippen molar-refractivity contribution in [2.45, 2.75) is 45.4 Å². The zero-order chi connectivity index (χ0) is 22.9. The number of esters is 1. The number of phenolic OH excluding ortho intramolecular Hbond substituents is 1. The van der Waals surface area contributed by atoms with E-state index in [-0.39, 0.29) is 11.3 Å². The zero-order valence-electron chi connectivity index (χ0n) is 18.3. The molecule has 0 aliphatic carbocycles. The predicted molar refractivity (Wildman–Crippen MR) is 121 cm³/mol. The topological polar surface area (TPSA) is 93.1 Å². The Kier molecular flexibility index (Phi) is 12.9. The largest absolute Gasteiger partial charge is 0.507 e. The average molecular weight is 429 g/mol. The molecule has 168 valence electrons. The summed E-state index contributed by atoms with van der Waals surface area (Å²) in [5.41, 5.74) is 1.08. The van der Waals surface area contributed by atoms with Crippen LogP contribution in [0.1, 0.15) is 61.4 Å². The summed E-state index contributed by atoms with van der Waals surface area (Å²) < 4.78 is 10.1. The second kappa shape index (κ2) is 15.5. The zero-order valence-corrected chi connectivity index (χ0v) is 18.3. The predicted octanol–water partition coefficient (Wildman–Crippen LogP) is 5.70. The molecule has 0 atom stereocenters. The van der Waals surface area contributed by atoms with E-state index in [9.17, 15) is 14.7 Å². The lowest BCUT2D eigenvalue weighted by Crippen LogP contribution is -2.06. The molecule has 0 spiro atoms. The van der Waals surface area contributed by atoms with Gasteiger partial charge in [-0.3, -0.25) is 0 Å². The van der Waals surface area contributed by atoms with Crippen molar-refractivity contribution < 1.29 is 29.3 Å². The van der Waals surface area contributed by atoms with Gasteiger partial charge in [-0.1, -0.05) is 63.3 Å². The fourth-order valence-corrected chi connectivity index (χ4v) is 2.65. The molecule has 0 fully saturated rings. The molecule has 0 aliphatic rings. The van der Waals surface area contributed by atoms with Gasteiger partial charge in [0, 0.05) is 6.08 Å². The van der Waals surface area contributed by atoms with Gasteiger partial charge in [0.15, 0.2) is 0 Å². The summed E-state index contributed by atoms with van der Waals surface area (Å²) in [5.74, 6) is -0.657. The Hall–Kier alpha value is -3.28. The van der Waals surface area contributed by atoms with Crippen molar-refractivity contribution in [2.75, 3.05) is 13.7 Å². The lowest BCUT2D eigenvalue weighted by molar-refractivity contribution is -0.131. The van der Waals surface area contributed by atoms with E-state index in [0.717, 1.165) is 30.2 Å². The number of phenols is 1. The molecule has 0 aromatic heterocycles. The van der Waals surface area contributed by atoms with Crippen LogP contribution in [0.5, 0.6) is 11.5 Å². The summed E-state index contributed by atoms with van der Waals surface area (Å²) in [5, 5.41) is 17.8. The number of hydrogen-bond acceptors (Lipinski definition) is 5. The van der Waals surface area contributed by atoms with Crippen LogP contribution >= 0.6 is 0 Å². The number of carbonyl (C=O) groups is 2. The van der Waals surface area contributed by atoms with Gasteiger partial charge in [-0.25, -0.2) is 9.59 Å². The third-order valence-corrected chi connectivity index (χ3v) is 4.39. The highest BCUT2D eigenvalue weighted by atomic mass is 16.5. The van der Waals surface area contributed by atoms with Gasteiger partial charge in [0.05, 0.1) is 13.7 Å². The first-order chi connectivity index (χ1) is 15.0. The number of carboxylic acids is 1. The van der Waals surface area contributed by atoms with E-state index in [1.165, 1.54) is 37.8 Å². The Morgan fingerprint density at radius 3 is 2.19 bits per heavy atom. The van der Waals surface area contributed by atoms with Gasteiger partial charge in [0.2, 0.25) is 0 Å². The second-order valence-corrected chi connectivity index (χ2v) is 6.87. The SMILES string of the molecule is CCCCCCCCOC(=O)c1ccccc1O.COc1ccc(C=CC(=O)O)cc1. The minimum absolute atomic E-state index is 0.0227. The minimum Gasteiger partial charge on any atom is -0.507 e. The van der Waals surface area contributed by atoms with Crippen LogP contribution < -0.4 is 4.74 Å². The molecule has 6 nitrogen and oxygen atoms in total. The van der Waals surface area contributed by atoms with E-state index in [2.05, 4.69) is 6.92 Å². The lowest BCUT2D eigenvalue weighted by atomic mass is 10.1. The van der Waals surface area contributed by atoms with Crippen molar-refractivity contribution in [3.05, 3.63) is 65.7 Å². The first-order valence-electron chi connectivity index (χ1n) is 10.5.